The van der Waals surface area contributed by atoms with Crippen LogP contribution in [0.4, 0.5) is 10.1 Å². The molecule has 4 heteroatoms. The zero-order valence-corrected chi connectivity index (χ0v) is 11.4. The zero-order chi connectivity index (χ0) is 13.8. The third-order valence-corrected chi connectivity index (χ3v) is 3.82. The number of rotatable bonds is 3. The molecule has 0 amide bonds. The molecular weight excluding hydrogens is 243 g/mol. The highest BCUT2D eigenvalue weighted by Gasteiger charge is 2.25. The van der Waals surface area contributed by atoms with E-state index in [9.17, 15) is 4.39 Å². The number of halogens is 1. The van der Waals surface area contributed by atoms with Crippen molar-refractivity contribution in [1.82, 2.24) is 0 Å². The summed E-state index contributed by atoms with van der Waals surface area (Å²) in [6.07, 6.45) is 4.51. The molecule has 0 saturated heterocycles. The van der Waals surface area contributed by atoms with E-state index in [4.69, 9.17) is 10.00 Å². The third kappa shape index (κ3) is 3.05. The van der Waals surface area contributed by atoms with Crippen LogP contribution in [0.15, 0.2) is 12.1 Å². The van der Waals surface area contributed by atoms with E-state index >= 15 is 0 Å². The molecule has 1 aliphatic carbocycles. The standard InChI is InChI=1S/C15H19FN2O/c1-10-12(16)7-11(9-17)8-14(10)18-13-5-3-4-6-15(13)19-2/h7-8,13,15,18H,3-6H2,1-2H3. The number of anilines is 1. The summed E-state index contributed by atoms with van der Waals surface area (Å²) in [5.74, 6) is -0.341. The number of hydrogen-bond donors (Lipinski definition) is 1. The Balaban J connectivity index is 2.22. The molecule has 3 nitrogen and oxygen atoms in total. The van der Waals surface area contributed by atoms with Crippen molar-refractivity contribution >= 4 is 5.69 Å². The Morgan fingerprint density at radius 2 is 2.11 bits per heavy atom. The van der Waals surface area contributed by atoms with Gasteiger partial charge in [0.25, 0.3) is 0 Å². The average Bonchev–Trinajstić information content (AvgIpc) is 2.44. The Kier molecular flexibility index (Phi) is 4.39. The SMILES string of the molecule is COC1CCCCC1Nc1cc(C#N)cc(F)c1C. The van der Waals surface area contributed by atoms with Gasteiger partial charge >= 0.3 is 0 Å². The van der Waals surface area contributed by atoms with Crippen molar-refractivity contribution in [3.8, 4) is 6.07 Å². The molecule has 1 N–H and O–H groups in total. The van der Waals surface area contributed by atoms with Gasteiger partial charge in [-0.25, -0.2) is 4.39 Å². The van der Waals surface area contributed by atoms with Crippen LogP contribution >= 0.6 is 0 Å². The van der Waals surface area contributed by atoms with Crippen LogP contribution in [0.25, 0.3) is 0 Å². The maximum absolute atomic E-state index is 13.7. The van der Waals surface area contributed by atoms with E-state index in [-0.39, 0.29) is 18.0 Å². The summed E-state index contributed by atoms with van der Waals surface area (Å²) in [6, 6.07) is 5.15. The molecule has 0 aliphatic heterocycles. The van der Waals surface area contributed by atoms with Crippen molar-refractivity contribution in [2.75, 3.05) is 12.4 Å². The van der Waals surface area contributed by atoms with E-state index in [1.165, 1.54) is 12.5 Å². The van der Waals surface area contributed by atoms with Gasteiger partial charge in [0, 0.05) is 18.4 Å². The first kappa shape index (κ1) is 13.8. The van der Waals surface area contributed by atoms with Crippen LogP contribution in [0.1, 0.15) is 36.8 Å². The molecule has 102 valence electrons. The number of nitrogens with zero attached hydrogens (tertiary/aromatic N) is 1. The number of ether oxygens (including phenoxy) is 1. The maximum Gasteiger partial charge on any atom is 0.129 e. The second kappa shape index (κ2) is 6.03. The van der Waals surface area contributed by atoms with Gasteiger partial charge in [-0.05, 0) is 31.9 Å². The molecule has 2 atom stereocenters. The molecular formula is C15H19FN2O. The normalized spacial score (nSPS) is 22.8. The zero-order valence-electron chi connectivity index (χ0n) is 11.4. The second-order valence-electron chi connectivity index (χ2n) is 5.05. The van der Waals surface area contributed by atoms with Crippen molar-refractivity contribution < 1.29 is 9.13 Å². The van der Waals surface area contributed by atoms with E-state index in [1.807, 2.05) is 6.07 Å². The Hall–Kier alpha value is -1.60. The summed E-state index contributed by atoms with van der Waals surface area (Å²) in [5.41, 5.74) is 1.60. The van der Waals surface area contributed by atoms with Crippen molar-refractivity contribution in [3.05, 3.63) is 29.1 Å². The molecule has 1 aromatic carbocycles. The van der Waals surface area contributed by atoms with Crippen LogP contribution < -0.4 is 5.32 Å². The fraction of sp³-hybridized carbons (Fsp3) is 0.533. The highest BCUT2D eigenvalue weighted by molar-refractivity contribution is 5.56. The molecule has 0 aromatic heterocycles. The topological polar surface area (TPSA) is 45.0 Å². The van der Waals surface area contributed by atoms with Gasteiger partial charge in [-0.15, -0.1) is 0 Å². The molecule has 1 aromatic rings. The molecule has 1 saturated carbocycles. The Labute approximate surface area is 113 Å². The summed E-state index contributed by atoms with van der Waals surface area (Å²) in [4.78, 5) is 0. The van der Waals surface area contributed by atoms with Gasteiger partial charge in [-0.1, -0.05) is 12.8 Å². The van der Waals surface area contributed by atoms with Crippen LogP contribution in [-0.4, -0.2) is 19.3 Å². The van der Waals surface area contributed by atoms with Gasteiger partial charge in [0.2, 0.25) is 0 Å². The van der Waals surface area contributed by atoms with Gasteiger partial charge in [0.05, 0.1) is 23.8 Å². The molecule has 0 spiro atoms. The largest absolute Gasteiger partial charge is 0.379 e. The van der Waals surface area contributed by atoms with Crippen molar-refractivity contribution in [2.45, 2.75) is 44.8 Å². The first-order chi connectivity index (χ1) is 9.15. The third-order valence-electron chi connectivity index (χ3n) is 3.82. The molecule has 2 rings (SSSR count). The van der Waals surface area contributed by atoms with Gasteiger partial charge < -0.3 is 10.1 Å². The summed E-state index contributed by atoms with van der Waals surface area (Å²) >= 11 is 0. The van der Waals surface area contributed by atoms with E-state index in [1.54, 1.807) is 20.1 Å². The van der Waals surface area contributed by atoms with Crippen LogP contribution in [0.2, 0.25) is 0 Å². The fourth-order valence-corrected chi connectivity index (χ4v) is 2.64. The van der Waals surface area contributed by atoms with Gasteiger partial charge in [0.15, 0.2) is 0 Å². The molecule has 0 heterocycles. The summed E-state index contributed by atoms with van der Waals surface area (Å²) in [6.45, 7) is 1.73. The number of methoxy groups -OCH3 is 1. The maximum atomic E-state index is 13.7. The number of nitriles is 1. The smallest absolute Gasteiger partial charge is 0.129 e. The summed E-state index contributed by atoms with van der Waals surface area (Å²) in [7, 11) is 1.71. The predicted molar refractivity (Wildman–Crippen MR) is 72.5 cm³/mol. The minimum Gasteiger partial charge on any atom is -0.379 e. The van der Waals surface area contributed by atoms with Crippen LogP contribution in [-0.2, 0) is 4.74 Å². The van der Waals surface area contributed by atoms with Crippen molar-refractivity contribution in [1.29, 1.82) is 5.26 Å². The monoisotopic (exact) mass is 262 g/mol. The highest BCUT2D eigenvalue weighted by atomic mass is 19.1. The highest BCUT2D eigenvalue weighted by Crippen LogP contribution is 2.27. The quantitative estimate of drug-likeness (QED) is 0.908. The van der Waals surface area contributed by atoms with E-state index < -0.39 is 0 Å². The van der Waals surface area contributed by atoms with Gasteiger partial charge in [-0.3, -0.25) is 0 Å². The lowest BCUT2D eigenvalue weighted by atomic mass is 9.92. The lowest BCUT2D eigenvalue weighted by Gasteiger charge is -2.32. The predicted octanol–water partition coefficient (Wildman–Crippen LogP) is 3.38. The van der Waals surface area contributed by atoms with Crippen LogP contribution in [0.5, 0.6) is 0 Å². The minimum absolute atomic E-state index is 0.155. The second-order valence-corrected chi connectivity index (χ2v) is 5.05. The number of benzene rings is 1. The number of nitrogens with one attached hydrogen (secondary N) is 1. The molecule has 19 heavy (non-hydrogen) atoms. The van der Waals surface area contributed by atoms with Crippen molar-refractivity contribution in [3.63, 3.8) is 0 Å². The molecule has 2 unspecified atom stereocenters. The molecule has 0 bridgehead atoms. The van der Waals surface area contributed by atoms with E-state index in [2.05, 4.69) is 5.32 Å². The molecule has 1 fully saturated rings. The van der Waals surface area contributed by atoms with Crippen molar-refractivity contribution in [2.24, 2.45) is 0 Å². The van der Waals surface area contributed by atoms with Gasteiger partial charge in [0.1, 0.15) is 5.82 Å². The summed E-state index contributed by atoms with van der Waals surface area (Å²) in [5, 5.41) is 12.3. The lowest BCUT2D eigenvalue weighted by Crippen LogP contribution is -2.38. The average molecular weight is 262 g/mol. The molecule has 1 aliphatic rings. The Morgan fingerprint density at radius 1 is 1.37 bits per heavy atom. The fourth-order valence-electron chi connectivity index (χ4n) is 2.64. The first-order valence-electron chi connectivity index (χ1n) is 6.65. The minimum atomic E-state index is -0.341. The lowest BCUT2D eigenvalue weighted by molar-refractivity contribution is 0.0606. The van der Waals surface area contributed by atoms with E-state index in [0.29, 0.717) is 16.8 Å². The van der Waals surface area contributed by atoms with Gasteiger partial charge in [-0.2, -0.15) is 5.26 Å². The number of hydrogen-bond acceptors (Lipinski definition) is 3. The van der Waals surface area contributed by atoms with Crippen LogP contribution in [0, 0.1) is 24.1 Å². The summed E-state index contributed by atoms with van der Waals surface area (Å²) < 4.78 is 19.2. The Bertz CT molecular complexity index is 496. The van der Waals surface area contributed by atoms with E-state index in [0.717, 1.165) is 19.3 Å². The van der Waals surface area contributed by atoms with Crippen LogP contribution in [0.3, 0.4) is 0 Å². The Morgan fingerprint density at radius 3 is 2.79 bits per heavy atom. The molecule has 0 radical (unpaired) electrons. The first-order valence-corrected chi connectivity index (χ1v) is 6.65.